The predicted octanol–water partition coefficient (Wildman–Crippen LogP) is 2.08. The number of nitrogens with one attached hydrogen (secondary N) is 2. The van der Waals surface area contributed by atoms with Crippen LogP contribution in [-0.2, 0) is 19.5 Å². The van der Waals surface area contributed by atoms with Gasteiger partial charge in [-0.1, -0.05) is 24.3 Å². The fraction of sp³-hybridized carbons (Fsp3) is 0.333. The van der Waals surface area contributed by atoms with Crippen molar-refractivity contribution in [3.05, 3.63) is 59.5 Å². The van der Waals surface area contributed by atoms with Crippen LogP contribution in [0, 0.1) is 0 Å². The maximum absolute atomic E-state index is 5.05. The lowest BCUT2D eigenvalue weighted by Crippen LogP contribution is -2.42. The summed E-state index contributed by atoms with van der Waals surface area (Å²) in [7, 11) is 0. The van der Waals surface area contributed by atoms with Gasteiger partial charge in [0.15, 0.2) is 0 Å². The Balaban J connectivity index is 1.51. The van der Waals surface area contributed by atoms with Gasteiger partial charge < -0.3 is 15.1 Å². The molecule has 1 aromatic heterocycles. The largest absolute Gasteiger partial charge is 0.472 e. The number of furan rings is 1. The van der Waals surface area contributed by atoms with Crippen molar-refractivity contribution in [2.75, 3.05) is 6.54 Å². The first-order valence-electron chi connectivity index (χ1n) is 6.44. The fourth-order valence-electron chi connectivity index (χ4n) is 2.45. The molecule has 2 heterocycles. The van der Waals surface area contributed by atoms with Crippen LogP contribution in [0.1, 0.15) is 16.7 Å². The predicted molar refractivity (Wildman–Crippen MR) is 71.2 cm³/mol. The SMILES string of the molecule is c1ccc2c(c1)CNC(CNCc1ccoc1)C2. The van der Waals surface area contributed by atoms with E-state index in [0.29, 0.717) is 6.04 Å². The molecule has 1 aliphatic heterocycles. The first kappa shape index (κ1) is 11.5. The standard InChI is InChI=1S/C15H18N2O/c1-2-4-14-9-17-15(7-13(14)3-1)10-16-8-12-5-6-18-11-12/h1-6,11,15-17H,7-10H2. The number of hydrogen-bond donors (Lipinski definition) is 2. The number of fused-ring (bicyclic) bond motifs is 1. The molecule has 3 rings (SSSR count). The van der Waals surface area contributed by atoms with E-state index in [1.807, 2.05) is 6.07 Å². The topological polar surface area (TPSA) is 37.2 Å². The third-order valence-corrected chi connectivity index (χ3v) is 3.47. The zero-order chi connectivity index (χ0) is 12.2. The Bertz CT molecular complexity index is 493. The normalized spacial score (nSPS) is 18.6. The second-order valence-electron chi connectivity index (χ2n) is 4.81. The quantitative estimate of drug-likeness (QED) is 0.862. The molecule has 2 aromatic rings. The minimum atomic E-state index is 0.520. The van der Waals surface area contributed by atoms with Gasteiger partial charge in [-0.05, 0) is 23.6 Å². The molecule has 0 radical (unpaired) electrons. The Labute approximate surface area is 107 Å². The van der Waals surface area contributed by atoms with Gasteiger partial charge in [-0.15, -0.1) is 0 Å². The Morgan fingerprint density at radius 2 is 2.11 bits per heavy atom. The first-order valence-corrected chi connectivity index (χ1v) is 6.44. The molecule has 0 amide bonds. The molecule has 0 fully saturated rings. The van der Waals surface area contributed by atoms with Crippen molar-refractivity contribution in [1.82, 2.24) is 10.6 Å². The summed E-state index contributed by atoms with van der Waals surface area (Å²) in [6, 6.07) is 11.2. The maximum Gasteiger partial charge on any atom is 0.0947 e. The van der Waals surface area contributed by atoms with Gasteiger partial charge in [-0.2, -0.15) is 0 Å². The Morgan fingerprint density at radius 1 is 1.22 bits per heavy atom. The first-order chi connectivity index (χ1) is 8.92. The molecule has 0 bridgehead atoms. The van der Waals surface area contributed by atoms with Crippen LogP contribution in [0.4, 0.5) is 0 Å². The van der Waals surface area contributed by atoms with E-state index in [1.165, 1.54) is 16.7 Å². The molecule has 2 N–H and O–H groups in total. The van der Waals surface area contributed by atoms with Gasteiger partial charge >= 0.3 is 0 Å². The van der Waals surface area contributed by atoms with E-state index in [-0.39, 0.29) is 0 Å². The van der Waals surface area contributed by atoms with Crippen molar-refractivity contribution in [1.29, 1.82) is 0 Å². The molecule has 1 aliphatic rings. The lowest BCUT2D eigenvalue weighted by atomic mass is 9.96. The molecule has 3 heteroatoms. The third kappa shape index (κ3) is 2.63. The highest BCUT2D eigenvalue weighted by molar-refractivity contribution is 5.29. The van der Waals surface area contributed by atoms with Gasteiger partial charge in [0.1, 0.15) is 0 Å². The van der Waals surface area contributed by atoms with E-state index >= 15 is 0 Å². The molecular formula is C15H18N2O. The number of rotatable bonds is 4. The highest BCUT2D eigenvalue weighted by atomic mass is 16.3. The van der Waals surface area contributed by atoms with Gasteiger partial charge in [-0.3, -0.25) is 0 Å². The van der Waals surface area contributed by atoms with Crippen LogP contribution in [-0.4, -0.2) is 12.6 Å². The molecule has 0 spiro atoms. The van der Waals surface area contributed by atoms with Gasteiger partial charge in [0.05, 0.1) is 12.5 Å². The van der Waals surface area contributed by atoms with Crippen molar-refractivity contribution in [2.24, 2.45) is 0 Å². The Hall–Kier alpha value is -1.58. The summed E-state index contributed by atoms with van der Waals surface area (Å²) in [4.78, 5) is 0. The average molecular weight is 242 g/mol. The van der Waals surface area contributed by atoms with Gasteiger partial charge in [0.25, 0.3) is 0 Å². The Morgan fingerprint density at radius 3 is 2.94 bits per heavy atom. The van der Waals surface area contributed by atoms with E-state index < -0.39 is 0 Å². The number of hydrogen-bond acceptors (Lipinski definition) is 3. The smallest absolute Gasteiger partial charge is 0.0947 e. The highest BCUT2D eigenvalue weighted by Gasteiger charge is 2.16. The zero-order valence-corrected chi connectivity index (χ0v) is 10.4. The van der Waals surface area contributed by atoms with E-state index in [1.54, 1.807) is 12.5 Å². The molecule has 0 saturated heterocycles. The summed E-state index contributed by atoms with van der Waals surface area (Å²) in [6.45, 7) is 2.84. The fourth-order valence-corrected chi connectivity index (χ4v) is 2.45. The molecule has 18 heavy (non-hydrogen) atoms. The molecule has 0 aliphatic carbocycles. The molecular weight excluding hydrogens is 224 g/mol. The van der Waals surface area contributed by atoms with Crippen molar-refractivity contribution < 1.29 is 4.42 Å². The lowest BCUT2D eigenvalue weighted by molar-refractivity contribution is 0.446. The monoisotopic (exact) mass is 242 g/mol. The third-order valence-electron chi connectivity index (χ3n) is 3.47. The van der Waals surface area contributed by atoms with Crippen LogP contribution in [0.25, 0.3) is 0 Å². The highest BCUT2D eigenvalue weighted by Crippen LogP contribution is 2.15. The maximum atomic E-state index is 5.05. The van der Waals surface area contributed by atoms with Gasteiger partial charge in [-0.25, -0.2) is 0 Å². The molecule has 0 saturated carbocycles. The van der Waals surface area contributed by atoms with Crippen LogP contribution in [0.3, 0.4) is 0 Å². The summed E-state index contributed by atoms with van der Waals surface area (Å²) >= 11 is 0. The minimum Gasteiger partial charge on any atom is -0.472 e. The van der Waals surface area contributed by atoms with Crippen LogP contribution in [0.2, 0.25) is 0 Å². The van der Waals surface area contributed by atoms with Crippen LogP contribution < -0.4 is 10.6 Å². The summed E-state index contributed by atoms with van der Waals surface area (Å²) in [5.74, 6) is 0. The zero-order valence-electron chi connectivity index (χ0n) is 10.4. The van der Waals surface area contributed by atoms with E-state index in [0.717, 1.165) is 26.1 Å². The van der Waals surface area contributed by atoms with E-state index in [4.69, 9.17) is 4.42 Å². The van der Waals surface area contributed by atoms with Crippen molar-refractivity contribution in [3.63, 3.8) is 0 Å². The summed E-state index contributed by atoms with van der Waals surface area (Å²) in [5, 5.41) is 7.04. The van der Waals surface area contributed by atoms with Crippen molar-refractivity contribution in [3.8, 4) is 0 Å². The molecule has 1 atom stereocenters. The second-order valence-corrected chi connectivity index (χ2v) is 4.81. The summed E-state index contributed by atoms with van der Waals surface area (Å²) in [6.07, 6.45) is 4.61. The summed E-state index contributed by atoms with van der Waals surface area (Å²) in [5.41, 5.74) is 4.11. The lowest BCUT2D eigenvalue weighted by Gasteiger charge is -2.26. The van der Waals surface area contributed by atoms with Crippen LogP contribution in [0.5, 0.6) is 0 Å². The molecule has 3 nitrogen and oxygen atoms in total. The van der Waals surface area contributed by atoms with Crippen LogP contribution >= 0.6 is 0 Å². The average Bonchev–Trinajstić information content (AvgIpc) is 2.92. The van der Waals surface area contributed by atoms with Crippen molar-refractivity contribution in [2.45, 2.75) is 25.6 Å². The minimum absolute atomic E-state index is 0.520. The van der Waals surface area contributed by atoms with Crippen molar-refractivity contribution >= 4 is 0 Å². The Kier molecular flexibility index (Phi) is 3.44. The van der Waals surface area contributed by atoms with Crippen LogP contribution in [0.15, 0.2) is 47.3 Å². The van der Waals surface area contributed by atoms with E-state index in [2.05, 4.69) is 34.9 Å². The van der Waals surface area contributed by atoms with Gasteiger partial charge in [0.2, 0.25) is 0 Å². The van der Waals surface area contributed by atoms with Gasteiger partial charge in [0, 0.05) is 31.2 Å². The molecule has 94 valence electrons. The molecule has 1 unspecified atom stereocenters. The number of benzene rings is 1. The molecule has 1 aromatic carbocycles. The summed E-state index contributed by atoms with van der Waals surface area (Å²) < 4.78 is 5.05. The second kappa shape index (κ2) is 5.38. The van der Waals surface area contributed by atoms with E-state index in [9.17, 15) is 0 Å².